The first-order chi connectivity index (χ1) is 13.1. The molecule has 0 atom stereocenters. The van der Waals surface area contributed by atoms with E-state index in [0.29, 0.717) is 30.1 Å². The number of hydrogen-bond donors (Lipinski definition) is 1. The molecule has 1 aliphatic rings. The molecule has 1 aliphatic heterocycles. The minimum Gasteiger partial charge on any atom is -0.504 e. The number of aromatic nitrogens is 1. The van der Waals surface area contributed by atoms with Crippen LogP contribution in [0.2, 0.25) is 0 Å². The van der Waals surface area contributed by atoms with Gasteiger partial charge in [-0.05, 0) is 38.5 Å². The van der Waals surface area contributed by atoms with Gasteiger partial charge in [0.15, 0.2) is 16.9 Å². The Balaban J connectivity index is 2.18. The number of carbonyl (C=O) groups is 1. The molecule has 0 amide bonds. The maximum atomic E-state index is 12.7. The average Bonchev–Trinajstić information content (AvgIpc) is 2.60. The highest BCUT2D eigenvalue weighted by molar-refractivity contribution is 5.90. The molecule has 0 radical (unpaired) electrons. The van der Waals surface area contributed by atoms with Crippen LogP contribution in [0, 0.1) is 0 Å². The standard InChI is InChI=1S/C21H24N2O5/c1-6-7-22-11-13-8-19(27-5)18(25)9-14(13)16-10-17(24)15(12-23(16)22)20(26)28-21(2,3)4/h6,8-10,12,25H,1,7,11H2,2-5H3. The second-order valence-electron chi connectivity index (χ2n) is 7.60. The number of rotatable bonds is 4. The van der Waals surface area contributed by atoms with E-state index in [4.69, 9.17) is 9.47 Å². The Morgan fingerprint density at radius 2 is 2.04 bits per heavy atom. The highest BCUT2D eigenvalue weighted by Crippen LogP contribution is 2.37. The van der Waals surface area contributed by atoms with Crippen LogP contribution in [0.3, 0.4) is 0 Å². The topological polar surface area (TPSA) is 81.0 Å². The van der Waals surface area contributed by atoms with E-state index in [0.717, 1.165) is 5.56 Å². The minimum absolute atomic E-state index is 0.0198. The van der Waals surface area contributed by atoms with Crippen LogP contribution in [-0.2, 0) is 11.3 Å². The van der Waals surface area contributed by atoms with Gasteiger partial charge in [-0.3, -0.25) is 9.47 Å². The fraction of sp³-hybridized carbons (Fsp3) is 0.333. The van der Waals surface area contributed by atoms with Crippen LogP contribution < -0.4 is 15.2 Å². The molecule has 28 heavy (non-hydrogen) atoms. The quantitative estimate of drug-likeness (QED) is 0.645. The zero-order chi connectivity index (χ0) is 20.6. The average molecular weight is 384 g/mol. The van der Waals surface area contributed by atoms with Gasteiger partial charge < -0.3 is 19.6 Å². The van der Waals surface area contributed by atoms with Crippen molar-refractivity contribution < 1.29 is 19.4 Å². The van der Waals surface area contributed by atoms with Gasteiger partial charge in [-0.1, -0.05) is 6.08 Å². The van der Waals surface area contributed by atoms with Gasteiger partial charge in [0, 0.05) is 17.8 Å². The number of methoxy groups -OCH3 is 1. The number of nitrogens with zero attached hydrogens (tertiary/aromatic N) is 2. The molecule has 0 saturated heterocycles. The molecule has 7 heteroatoms. The number of ether oxygens (including phenoxy) is 2. The first kappa shape index (κ1) is 19.5. The Labute approximate surface area is 163 Å². The third kappa shape index (κ3) is 3.60. The number of carbonyl (C=O) groups excluding carboxylic acids is 1. The number of pyridine rings is 1. The second-order valence-corrected chi connectivity index (χ2v) is 7.60. The summed E-state index contributed by atoms with van der Waals surface area (Å²) in [5.41, 5.74) is 0.960. The van der Waals surface area contributed by atoms with E-state index >= 15 is 0 Å². The third-order valence-corrected chi connectivity index (χ3v) is 4.33. The predicted molar refractivity (Wildman–Crippen MR) is 107 cm³/mol. The van der Waals surface area contributed by atoms with Crippen LogP contribution in [0.4, 0.5) is 0 Å². The summed E-state index contributed by atoms with van der Waals surface area (Å²) in [6, 6.07) is 4.70. The fourth-order valence-electron chi connectivity index (χ4n) is 3.16. The Kier molecular flexibility index (Phi) is 4.93. The zero-order valence-electron chi connectivity index (χ0n) is 16.5. The fourth-order valence-corrected chi connectivity index (χ4v) is 3.16. The summed E-state index contributed by atoms with van der Waals surface area (Å²) in [5, 5.41) is 12.1. The summed E-state index contributed by atoms with van der Waals surface area (Å²) in [6.45, 7) is 10.0. The maximum absolute atomic E-state index is 12.7. The van der Waals surface area contributed by atoms with Crippen LogP contribution >= 0.6 is 0 Å². The summed E-state index contributed by atoms with van der Waals surface area (Å²) in [7, 11) is 1.48. The van der Waals surface area contributed by atoms with E-state index in [9.17, 15) is 14.7 Å². The minimum atomic E-state index is -0.708. The molecule has 0 fully saturated rings. The monoisotopic (exact) mass is 384 g/mol. The lowest BCUT2D eigenvalue weighted by molar-refractivity contribution is 0.00671. The van der Waals surface area contributed by atoms with E-state index in [1.54, 1.807) is 43.7 Å². The molecule has 2 heterocycles. The molecule has 0 spiro atoms. The molecular formula is C21H24N2O5. The number of fused-ring (bicyclic) bond motifs is 3. The molecule has 1 aromatic heterocycles. The van der Waals surface area contributed by atoms with E-state index < -0.39 is 17.0 Å². The summed E-state index contributed by atoms with van der Waals surface area (Å²) >= 11 is 0. The first-order valence-corrected chi connectivity index (χ1v) is 8.91. The molecule has 7 nitrogen and oxygen atoms in total. The molecule has 0 unspecified atom stereocenters. The number of hydrogen-bond acceptors (Lipinski definition) is 6. The van der Waals surface area contributed by atoms with Crippen LogP contribution in [0.1, 0.15) is 36.7 Å². The molecule has 0 saturated carbocycles. The van der Waals surface area contributed by atoms with E-state index in [2.05, 4.69) is 6.58 Å². The lowest BCUT2D eigenvalue weighted by atomic mass is 9.99. The van der Waals surface area contributed by atoms with Crippen molar-refractivity contribution in [2.75, 3.05) is 18.7 Å². The second kappa shape index (κ2) is 7.07. The van der Waals surface area contributed by atoms with Gasteiger partial charge in [-0.15, -0.1) is 6.58 Å². The van der Waals surface area contributed by atoms with Crippen molar-refractivity contribution >= 4 is 5.97 Å². The Morgan fingerprint density at radius 3 is 2.64 bits per heavy atom. The third-order valence-electron chi connectivity index (χ3n) is 4.33. The van der Waals surface area contributed by atoms with E-state index in [-0.39, 0.29) is 11.3 Å². The van der Waals surface area contributed by atoms with Crippen molar-refractivity contribution in [1.82, 2.24) is 4.68 Å². The molecular weight excluding hydrogens is 360 g/mol. The van der Waals surface area contributed by atoms with Gasteiger partial charge in [-0.2, -0.15) is 0 Å². The van der Waals surface area contributed by atoms with Crippen LogP contribution in [0.25, 0.3) is 11.3 Å². The number of aromatic hydroxyl groups is 1. The van der Waals surface area contributed by atoms with Gasteiger partial charge in [0.05, 0.1) is 25.9 Å². The smallest absolute Gasteiger partial charge is 0.344 e. The van der Waals surface area contributed by atoms with E-state index in [1.165, 1.54) is 19.4 Å². The van der Waals surface area contributed by atoms with Crippen LogP contribution in [-0.4, -0.2) is 35.0 Å². The van der Waals surface area contributed by atoms with Gasteiger partial charge in [0.2, 0.25) is 0 Å². The SMILES string of the molecule is C=CCN1Cc2cc(OC)c(O)cc2-c2cc(=O)c(C(=O)OC(C)(C)C)cn21. The molecule has 2 aromatic rings. The number of phenols is 1. The largest absolute Gasteiger partial charge is 0.504 e. The molecule has 1 N–H and O–H groups in total. The number of esters is 1. The zero-order valence-corrected chi connectivity index (χ0v) is 16.5. The van der Waals surface area contributed by atoms with Crippen LogP contribution in [0.5, 0.6) is 11.5 Å². The summed E-state index contributed by atoms with van der Waals surface area (Å²) in [6.07, 6.45) is 3.22. The lowest BCUT2D eigenvalue weighted by Crippen LogP contribution is -2.40. The summed E-state index contributed by atoms with van der Waals surface area (Å²) in [5.74, 6) is -0.332. The predicted octanol–water partition coefficient (Wildman–Crippen LogP) is 2.82. The van der Waals surface area contributed by atoms with Crippen LogP contribution in [0.15, 0.2) is 41.8 Å². The highest BCUT2D eigenvalue weighted by Gasteiger charge is 2.27. The summed E-state index contributed by atoms with van der Waals surface area (Å²) in [4.78, 5) is 25.1. The van der Waals surface area contributed by atoms with Gasteiger partial charge in [0.25, 0.3) is 0 Å². The van der Waals surface area contributed by atoms with Crippen molar-refractivity contribution in [2.45, 2.75) is 32.9 Å². The van der Waals surface area contributed by atoms with Crippen molar-refractivity contribution in [2.24, 2.45) is 0 Å². The molecule has 0 bridgehead atoms. The lowest BCUT2D eigenvalue weighted by Gasteiger charge is -2.35. The van der Waals surface area contributed by atoms with Crippen molar-refractivity contribution in [3.05, 3.63) is 58.4 Å². The van der Waals surface area contributed by atoms with Gasteiger partial charge in [-0.25, -0.2) is 4.79 Å². The number of benzene rings is 1. The maximum Gasteiger partial charge on any atom is 0.344 e. The molecule has 3 rings (SSSR count). The molecule has 1 aromatic carbocycles. The Bertz CT molecular complexity index is 1000. The molecule has 0 aliphatic carbocycles. The molecule has 148 valence electrons. The van der Waals surface area contributed by atoms with Crippen molar-refractivity contribution in [3.63, 3.8) is 0 Å². The van der Waals surface area contributed by atoms with Gasteiger partial charge in [0.1, 0.15) is 11.2 Å². The van der Waals surface area contributed by atoms with E-state index in [1.807, 2.05) is 5.01 Å². The van der Waals surface area contributed by atoms with Gasteiger partial charge >= 0.3 is 5.97 Å². The summed E-state index contributed by atoms with van der Waals surface area (Å²) < 4.78 is 12.3. The highest BCUT2D eigenvalue weighted by atomic mass is 16.6. The first-order valence-electron chi connectivity index (χ1n) is 8.91. The number of phenolic OH excluding ortho intramolecular Hbond substituents is 1. The van der Waals surface area contributed by atoms with Crippen molar-refractivity contribution in [3.8, 4) is 22.8 Å². The normalized spacial score (nSPS) is 12.8. The Hall–Kier alpha value is -3.22. The Morgan fingerprint density at radius 1 is 1.32 bits per heavy atom. The van der Waals surface area contributed by atoms with Crippen molar-refractivity contribution in [1.29, 1.82) is 0 Å².